The summed E-state index contributed by atoms with van der Waals surface area (Å²) in [5.74, 6) is 1.65. The molecule has 31 heavy (non-hydrogen) atoms. The molecule has 0 saturated carbocycles. The van der Waals surface area contributed by atoms with Crippen LogP contribution >= 0.6 is 0 Å². The van der Waals surface area contributed by atoms with E-state index in [9.17, 15) is 9.59 Å². The van der Waals surface area contributed by atoms with E-state index >= 15 is 0 Å². The van der Waals surface area contributed by atoms with Gasteiger partial charge in [-0.05, 0) is 69.1 Å². The van der Waals surface area contributed by atoms with Gasteiger partial charge >= 0.3 is 0 Å². The zero-order chi connectivity index (χ0) is 21.4. The third-order valence-electron chi connectivity index (χ3n) is 6.79. The minimum atomic E-state index is -0.184. The first-order valence-electron chi connectivity index (χ1n) is 11.2. The van der Waals surface area contributed by atoms with Gasteiger partial charge in [0.1, 0.15) is 13.2 Å². The monoisotopic (exact) mass is 420 g/mol. The average Bonchev–Trinajstić information content (AvgIpc) is 3.26. The van der Waals surface area contributed by atoms with Gasteiger partial charge in [-0.15, -0.1) is 0 Å². The molecule has 5 rings (SSSR count). The highest BCUT2D eigenvalue weighted by atomic mass is 16.6. The van der Waals surface area contributed by atoms with Crippen LogP contribution in [-0.2, 0) is 11.2 Å². The molecule has 0 N–H and O–H groups in total. The van der Waals surface area contributed by atoms with Gasteiger partial charge in [-0.1, -0.05) is 18.2 Å². The third kappa shape index (κ3) is 3.81. The number of carbonyl (C=O) groups is 2. The summed E-state index contributed by atoms with van der Waals surface area (Å²) < 4.78 is 11.2. The van der Waals surface area contributed by atoms with Gasteiger partial charge < -0.3 is 14.4 Å². The first-order chi connectivity index (χ1) is 15.1. The first kappa shape index (κ1) is 20.1. The molecule has 3 aliphatic rings. The Hall–Kier alpha value is -2.86. The maximum Gasteiger partial charge on any atom is 0.244 e. The van der Waals surface area contributed by atoms with Gasteiger partial charge in [0, 0.05) is 23.7 Å². The second-order valence-electron chi connectivity index (χ2n) is 8.58. The highest BCUT2D eigenvalue weighted by Gasteiger charge is 2.34. The lowest BCUT2D eigenvalue weighted by Gasteiger charge is -2.36. The molecule has 6 nitrogen and oxygen atoms in total. The Labute approximate surface area is 182 Å². The number of hydrogen-bond donors (Lipinski definition) is 0. The fraction of sp³-hybridized carbons (Fsp3) is 0.440. The smallest absolute Gasteiger partial charge is 0.244 e. The summed E-state index contributed by atoms with van der Waals surface area (Å²) in [7, 11) is 0. The highest BCUT2D eigenvalue weighted by Crippen LogP contribution is 2.33. The fourth-order valence-corrected chi connectivity index (χ4v) is 4.93. The van der Waals surface area contributed by atoms with Crippen LogP contribution in [0.15, 0.2) is 42.5 Å². The topological polar surface area (TPSA) is 59.1 Å². The second kappa shape index (κ2) is 8.35. The molecule has 1 atom stereocenters. The van der Waals surface area contributed by atoms with Gasteiger partial charge in [0.2, 0.25) is 5.91 Å². The molecule has 3 heterocycles. The van der Waals surface area contributed by atoms with Gasteiger partial charge in [-0.3, -0.25) is 14.5 Å². The number of nitrogens with zero attached hydrogens (tertiary/aromatic N) is 2. The van der Waals surface area contributed by atoms with Gasteiger partial charge in [-0.25, -0.2) is 0 Å². The van der Waals surface area contributed by atoms with E-state index in [1.807, 2.05) is 42.2 Å². The summed E-state index contributed by atoms with van der Waals surface area (Å²) in [5.41, 5.74) is 2.97. The number of anilines is 1. The number of amides is 1. The molecule has 0 bridgehead atoms. The normalized spacial score (nSPS) is 19.7. The standard InChI is InChI=1S/C25H28N2O4/c1-17(25(29)27-13-10-18-4-2-3-5-21(18)27)26-11-8-19(9-12-26)24(28)20-6-7-22-23(16-20)31-15-14-30-22/h2-7,16-17,19H,8-15H2,1H3/t17-/m1/s1. The molecule has 3 aliphatic heterocycles. The number of carbonyl (C=O) groups excluding carboxylic acids is 2. The van der Waals surface area contributed by atoms with Crippen molar-refractivity contribution in [1.29, 1.82) is 0 Å². The van der Waals surface area contributed by atoms with E-state index in [0.29, 0.717) is 30.3 Å². The summed E-state index contributed by atoms with van der Waals surface area (Å²) in [4.78, 5) is 30.4. The van der Waals surface area contributed by atoms with Crippen molar-refractivity contribution < 1.29 is 19.1 Å². The Balaban J connectivity index is 1.20. The second-order valence-corrected chi connectivity index (χ2v) is 8.58. The minimum Gasteiger partial charge on any atom is -0.486 e. The molecule has 0 aliphatic carbocycles. The molecule has 0 unspecified atom stereocenters. The summed E-state index contributed by atoms with van der Waals surface area (Å²) in [6.45, 7) is 5.30. The number of rotatable bonds is 4. The van der Waals surface area contributed by atoms with Crippen molar-refractivity contribution in [1.82, 2.24) is 4.90 Å². The zero-order valence-electron chi connectivity index (χ0n) is 17.9. The SMILES string of the molecule is C[C@H](C(=O)N1CCc2ccccc21)N1CCC(C(=O)c2ccc3c(c2)OCCO3)CC1. The molecular weight excluding hydrogens is 392 g/mol. The van der Waals surface area contributed by atoms with Crippen LogP contribution in [0.3, 0.4) is 0 Å². The van der Waals surface area contributed by atoms with Crippen LogP contribution in [0, 0.1) is 5.92 Å². The van der Waals surface area contributed by atoms with Crippen molar-refractivity contribution in [3.8, 4) is 11.5 Å². The Bertz CT molecular complexity index is 997. The predicted octanol–water partition coefficient (Wildman–Crippen LogP) is 3.33. The molecular formula is C25H28N2O4. The number of hydrogen-bond acceptors (Lipinski definition) is 5. The number of fused-ring (bicyclic) bond motifs is 2. The number of para-hydroxylation sites is 1. The predicted molar refractivity (Wildman–Crippen MR) is 118 cm³/mol. The summed E-state index contributed by atoms with van der Waals surface area (Å²) >= 11 is 0. The first-order valence-corrected chi connectivity index (χ1v) is 11.2. The molecule has 1 fully saturated rings. The van der Waals surface area contributed by atoms with Gasteiger partial charge in [0.15, 0.2) is 17.3 Å². The Morgan fingerprint density at radius 3 is 2.52 bits per heavy atom. The third-order valence-corrected chi connectivity index (χ3v) is 6.79. The minimum absolute atomic E-state index is 0.0198. The van der Waals surface area contributed by atoms with Crippen molar-refractivity contribution in [2.75, 3.05) is 37.7 Å². The molecule has 6 heteroatoms. The maximum absolute atomic E-state index is 13.2. The van der Waals surface area contributed by atoms with Crippen molar-refractivity contribution >= 4 is 17.4 Å². The molecule has 0 radical (unpaired) electrons. The van der Waals surface area contributed by atoms with E-state index in [0.717, 1.165) is 44.6 Å². The summed E-state index contributed by atoms with van der Waals surface area (Å²) in [5, 5.41) is 0. The van der Waals surface area contributed by atoms with E-state index in [2.05, 4.69) is 11.0 Å². The summed E-state index contributed by atoms with van der Waals surface area (Å²) in [6.07, 6.45) is 2.45. The van der Waals surface area contributed by atoms with Gasteiger partial charge in [0.05, 0.1) is 6.04 Å². The highest BCUT2D eigenvalue weighted by molar-refractivity contribution is 5.99. The number of likely N-dealkylation sites (tertiary alicyclic amines) is 1. The van der Waals surface area contributed by atoms with Crippen LogP contribution in [0.1, 0.15) is 35.7 Å². The molecule has 2 aromatic rings. The molecule has 0 spiro atoms. The van der Waals surface area contributed by atoms with Crippen LogP contribution in [0.5, 0.6) is 11.5 Å². The van der Waals surface area contributed by atoms with Gasteiger partial charge in [-0.2, -0.15) is 0 Å². The number of piperidine rings is 1. The lowest BCUT2D eigenvalue weighted by molar-refractivity contribution is -0.123. The van der Waals surface area contributed by atoms with E-state index in [1.165, 1.54) is 5.56 Å². The van der Waals surface area contributed by atoms with Crippen molar-refractivity contribution in [2.45, 2.75) is 32.2 Å². The molecule has 162 valence electrons. The lowest BCUT2D eigenvalue weighted by atomic mass is 9.88. The Morgan fingerprint density at radius 1 is 0.968 bits per heavy atom. The Kier molecular flexibility index (Phi) is 5.40. The fourth-order valence-electron chi connectivity index (χ4n) is 4.93. The van der Waals surface area contributed by atoms with Crippen LogP contribution in [-0.4, -0.2) is 55.5 Å². The van der Waals surface area contributed by atoms with Crippen molar-refractivity contribution in [3.63, 3.8) is 0 Å². The van der Waals surface area contributed by atoms with Crippen LogP contribution in [0.4, 0.5) is 5.69 Å². The molecule has 1 amide bonds. The molecule has 2 aromatic carbocycles. The van der Waals surface area contributed by atoms with Crippen LogP contribution in [0.25, 0.3) is 0 Å². The number of ketones is 1. The quantitative estimate of drug-likeness (QED) is 0.710. The Morgan fingerprint density at radius 2 is 1.71 bits per heavy atom. The number of ether oxygens (including phenoxy) is 2. The van der Waals surface area contributed by atoms with E-state index in [1.54, 1.807) is 6.07 Å². The number of Topliss-reactive ketones (excluding diaryl/α,β-unsaturated/α-hetero) is 1. The molecule has 1 saturated heterocycles. The summed E-state index contributed by atoms with van der Waals surface area (Å²) in [6, 6.07) is 13.4. The van der Waals surface area contributed by atoms with E-state index in [-0.39, 0.29) is 23.7 Å². The van der Waals surface area contributed by atoms with Crippen molar-refractivity contribution in [3.05, 3.63) is 53.6 Å². The van der Waals surface area contributed by atoms with Crippen LogP contribution in [0.2, 0.25) is 0 Å². The zero-order valence-corrected chi connectivity index (χ0v) is 17.9. The average molecular weight is 421 g/mol. The maximum atomic E-state index is 13.2. The lowest BCUT2D eigenvalue weighted by Crippen LogP contribution is -2.50. The van der Waals surface area contributed by atoms with Gasteiger partial charge in [0.25, 0.3) is 0 Å². The van der Waals surface area contributed by atoms with Crippen molar-refractivity contribution in [2.24, 2.45) is 5.92 Å². The number of benzene rings is 2. The van der Waals surface area contributed by atoms with E-state index in [4.69, 9.17) is 9.47 Å². The molecule has 0 aromatic heterocycles. The van der Waals surface area contributed by atoms with Crippen LogP contribution < -0.4 is 14.4 Å². The largest absolute Gasteiger partial charge is 0.486 e. The van der Waals surface area contributed by atoms with E-state index < -0.39 is 0 Å².